The average molecular weight is 397 g/mol. The van der Waals surface area contributed by atoms with Crippen LogP contribution in [0.3, 0.4) is 0 Å². The standard InChI is InChI=1S/C21H24N4O2S/c1-28-21-23-15-18(25(21)16-8-3-2-4-9-16)20(26)22-14-17(19-10-7-13-27-19)24-11-5-6-12-24/h2-4,7-10,13,15,17H,5-6,11-12,14H2,1H3,(H,22,26)/t17-/m1/s1. The largest absolute Gasteiger partial charge is 0.468 e. The summed E-state index contributed by atoms with van der Waals surface area (Å²) >= 11 is 1.52. The van der Waals surface area contributed by atoms with Crippen molar-refractivity contribution in [1.82, 2.24) is 19.8 Å². The van der Waals surface area contributed by atoms with E-state index in [2.05, 4.69) is 15.2 Å². The lowest BCUT2D eigenvalue weighted by molar-refractivity contribution is 0.0926. The molecule has 1 amide bonds. The van der Waals surface area contributed by atoms with Crippen molar-refractivity contribution in [3.63, 3.8) is 0 Å². The SMILES string of the molecule is CSc1ncc(C(=O)NC[C@H](c2ccco2)N2CCCC2)n1-c1ccccc1. The van der Waals surface area contributed by atoms with Crippen molar-refractivity contribution in [2.24, 2.45) is 0 Å². The number of para-hydroxylation sites is 1. The number of carbonyl (C=O) groups excluding carboxylic acids is 1. The molecule has 3 heterocycles. The average Bonchev–Trinajstić information content (AvgIpc) is 3.49. The number of amides is 1. The van der Waals surface area contributed by atoms with Crippen molar-refractivity contribution in [2.45, 2.75) is 24.0 Å². The summed E-state index contributed by atoms with van der Waals surface area (Å²) in [7, 11) is 0. The topological polar surface area (TPSA) is 63.3 Å². The van der Waals surface area contributed by atoms with E-state index in [9.17, 15) is 4.79 Å². The van der Waals surface area contributed by atoms with E-state index in [1.54, 1.807) is 12.5 Å². The number of aromatic nitrogens is 2. The lowest BCUT2D eigenvalue weighted by atomic mass is 10.2. The van der Waals surface area contributed by atoms with Gasteiger partial charge in [-0.2, -0.15) is 0 Å². The molecule has 28 heavy (non-hydrogen) atoms. The van der Waals surface area contributed by atoms with E-state index < -0.39 is 0 Å². The van der Waals surface area contributed by atoms with E-state index in [-0.39, 0.29) is 11.9 Å². The second kappa shape index (κ2) is 8.67. The molecule has 7 heteroatoms. The summed E-state index contributed by atoms with van der Waals surface area (Å²) in [6, 6.07) is 13.8. The van der Waals surface area contributed by atoms with E-state index >= 15 is 0 Å². The Morgan fingerprint density at radius 1 is 1.21 bits per heavy atom. The first-order valence-corrected chi connectivity index (χ1v) is 10.7. The molecule has 6 nitrogen and oxygen atoms in total. The zero-order chi connectivity index (χ0) is 19.3. The predicted molar refractivity (Wildman–Crippen MR) is 110 cm³/mol. The third-order valence-electron chi connectivity index (χ3n) is 5.07. The van der Waals surface area contributed by atoms with Gasteiger partial charge in [0.05, 0.1) is 18.5 Å². The van der Waals surface area contributed by atoms with Gasteiger partial charge >= 0.3 is 0 Å². The summed E-state index contributed by atoms with van der Waals surface area (Å²) < 4.78 is 7.55. The Morgan fingerprint density at radius 3 is 2.68 bits per heavy atom. The van der Waals surface area contributed by atoms with Crippen molar-refractivity contribution in [3.8, 4) is 5.69 Å². The van der Waals surface area contributed by atoms with Crippen LogP contribution in [0.15, 0.2) is 64.5 Å². The molecular weight excluding hydrogens is 372 g/mol. The number of hydrogen-bond acceptors (Lipinski definition) is 5. The maximum Gasteiger partial charge on any atom is 0.270 e. The van der Waals surface area contributed by atoms with E-state index in [0.717, 1.165) is 29.7 Å². The first-order valence-electron chi connectivity index (χ1n) is 9.50. The molecule has 0 unspecified atom stereocenters. The van der Waals surface area contributed by atoms with Crippen molar-refractivity contribution < 1.29 is 9.21 Å². The molecule has 1 aliphatic heterocycles. The summed E-state index contributed by atoms with van der Waals surface area (Å²) in [4.78, 5) is 19.8. The highest BCUT2D eigenvalue weighted by atomic mass is 32.2. The normalized spacial score (nSPS) is 15.6. The summed E-state index contributed by atoms with van der Waals surface area (Å²) in [5, 5.41) is 3.89. The molecule has 1 aliphatic rings. The Kier molecular flexibility index (Phi) is 5.83. The summed E-state index contributed by atoms with van der Waals surface area (Å²) in [6.45, 7) is 2.56. The minimum absolute atomic E-state index is 0.0505. The van der Waals surface area contributed by atoms with Crippen LogP contribution in [-0.2, 0) is 0 Å². The number of carbonyl (C=O) groups is 1. The smallest absolute Gasteiger partial charge is 0.270 e. The van der Waals surface area contributed by atoms with Gasteiger partial charge in [0, 0.05) is 12.2 Å². The number of thioether (sulfide) groups is 1. The fourth-order valence-electron chi connectivity index (χ4n) is 3.69. The number of nitrogens with zero attached hydrogens (tertiary/aromatic N) is 3. The number of nitrogens with one attached hydrogen (secondary N) is 1. The molecule has 0 bridgehead atoms. The highest BCUT2D eigenvalue weighted by Gasteiger charge is 2.27. The van der Waals surface area contributed by atoms with Crippen molar-refractivity contribution in [3.05, 3.63) is 66.4 Å². The van der Waals surface area contributed by atoms with Crippen LogP contribution in [0.4, 0.5) is 0 Å². The molecule has 1 saturated heterocycles. The first kappa shape index (κ1) is 18.8. The lowest BCUT2D eigenvalue weighted by Crippen LogP contribution is -2.37. The fraction of sp³-hybridized carbons (Fsp3) is 0.333. The molecule has 1 atom stereocenters. The Hall–Kier alpha value is -2.51. The van der Waals surface area contributed by atoms with Gasteiger partial charge in [-0.3, -0.25) is 14.3 Å². The number of rotatable bonds is 7. The monoisotopic (exact) mass is 396 g/mol. The first-order chi connectivity index (χ1) is 13.8. The molecule has 3 aromatic rings. The number of likely N-dealkylation sites (tertiary alicyclic amines) is 1. The van der Waals surface area contributed by atoms with Crippen LogP contribution in [0.25, 0.3) is 5.69 Å². The zero-order valence-electron chi connectivity index (χ0n) is 15.9. The molecule has 1 fully saturated rings. The van der Waals surface area contributed by atoms with Crippen molar-refractivity contribution in [1.29, 1.82) is 0 Å². The van der Waals surface area contributed by atoms with Gasteiger partial charge in [-0.25, -0.2) is 4.98 Å². The molecule has 1 aromatic carbocycles. The third-order valence-corrected chi connectivity index (χ3v) is 5.72. The molecule has 146 valence electrons. The van der Waals surface area contributed by atoms with Gasteiger partial charge in [-0.15, -0.1) is 0 Å². The molecule has 0 spiro atoms. The lowest BCUT2D eigenvalue weighted by Gasteiger charge is -2.26. The molecule has 2 aromatic heterocycles. The van der Waals surface area contributed by atoms with Crippen LogP contribution in [0.1, 0.15) is 35.1 Å². The minimum atomic E-state index is -0.132. The van der Waals surface area contributed by atoms with Gasteiger partial charge in [-0.1, -0.05) is 30.0 Å². The second-order valence-electron chi connectivity index (χ2n) is 6.79. The van der Waals surface area contributed by atoms with Gasteiger partial charge in [-0.05, 0) is 56.5 Å². The summed E-state index contributed by atoms with van der Waals surface area (Å²) in [5.74, 6) is 0.760. The van der Waals surface area contributed by atoms with E-state index in [0.29, 0.717) is 12.2 Å². The van der Waals surface area contributed by atoms with E-state index in [4.69, 9.17) is 4.42 Å². The Morgan fingerprint density at radius 2 is 2.00 bits per heavy atom. The maximum absolute atomic E-state index is 13.0. The molecule has 0 saturated carbocycles. The van der Waals surface area contributed by atoms with Crippen molar-refractivity contribution in [2.75, 3.05) is 25.9 Å². The Balaban J connectivity index is 1.54. The number of furan rings is 1. The van der Waals surface area contributed by atoms with Crippen LogP contribution in [-0.4, -0.2) is 46.2 Å². The van der Waals surface area contributed by atoms with Crippen LogP contribution in [0.2, 0.25) is 0 Å². The van der Waals surface area contributed by atoms with Gasteiger partial charge in [0.15, 0.2) is 5.16 Å². The Bertz CT molecular complexity index is 902. The highest BCUT2D eigenvalue weighted by molar-refractivity contribution is 7.98. The molecule has 0 radical (unpaired) electrons. The quantitative estimate of drug-likeness (QED) is 0.616. The molecule has 0 aliphatic carbocycles. The van der Waals surface area contributed by atoms with Gasteiger partial charge in [0.2, 0.25) is 0 Å². The number of hydrogen-bond donors (Lipinski definition) is 1. The van der Waals surface area contributed by atoms with Crippen LogP contribution in [0.5, 0.6) is 0 Å². The van der Waals surface area contributed by atoms with Gasteiger partial charge in [0.1, 0.15) is 11.5 Å². The van der Waals surface area contributed by atoms with Crippen LogP contribution < -0.4 is 5.32 Å². The number of benzene rings is 1. The van der Waals surface area contributed by atoms with Gasteiger partial charge < -0.3 is 9.73 Å². The maximum atomic E-state index is 13.0. The third kappa shape index (κ3) is 3.86. The van der Waals surface area contributed by atoms with Crippen LogP contribution in [0, 0.1) is 0 Å². The van der Waals surface area contributed by atoms with Crippen molar-refractivity contribution >= 4 is 17.7 Å². The van der Waals surface area contributed by atoms with Gasteiger partial charge in [0.25, 0.3) is 5.91 Å². The summed E-state index contributed by atoms with van der Waals surface area (Å²) in [5.41, 5.74) is 1.46. The Labute approximate surface area is 168 Å². The fourth-order valence-corrected chi connectivity index (χ4v) is 4.23. The zero-order valence-corrected chi connectivity index (χ0v) is 16.7. The molecule has 1 N–H and O–H groups in total. The van der Waals surface area contributed by atoms with E-state index in [1.165, 1.54) is 24.6 Å². The summed E-state index contributed by atoms with van der Waals surface area (Å²) in [6.07, 6.45) is 7.66. The second-order valence-corrected chi connectivity index (χ2v) is 7.56. The molecule has 4 rings (SSSR count). The number of imidazole rings is 1. The van der Waals surface area contributed by atoms with Crippen LogP contribution >= 0.6 is 11.8 Å². The molecular formula is C21H24N4O2S. The minimum Gasteiger partial charge on any atom is -0.468 e. The highest BCUT2D eigenvalue weighted by Crippen LogP contribution is 2.26. The van der Waals surface area contributed by atoms with E-state index in [1.807, 2.05) is 53.3 Å². The predicted octanol–water partition coefficient (Wildman–Crippen LogP) is 3.75.